The van der Waals surface area contributed by atoms with E-state index in [1.54, 1.807) is 6.07 Å². The first-order chi connectivity index (χ1) is 10.6. The molecule has 0 atom stereocenters. The summed E-state index contributed by atoms with van der Waals surface area (Å²) in [7, 11) is 0. The number of aryl methyl sites for hydroxylation is 2. The maximum Gasteiger partial charge on any atom is 0.264 e. The average molecular weight is 405 g/mol. The number of fused-ring (bicyclic) bond motifs is 1. The molecule has 0 fully saturated rings. The molecule has 0 aliphatic carbocycles. The van der Waals surface area contributed by atoms with Crippen LogP contribution in [0.15, 0.2) is 33.7 Å². The number of pyridine rings is 1. The summed E-state index contributed by atoms with van der Waals surface area (Å²) in [6.45, 7) is 8.13. The molecule has 1 radical (unpaired) electrons. The molecule has 1 aromatic carbocycles. The molecule has 7 heteroatoms. The third kappa shape index (κ3) is 3.75. The molecule has 3 rings (SSSR count). The standard InChI is InChI=1S/C14H13N3O3.C2H6.CH3.Y/c1-3-17-13-11(15-20-16-13)12(18)10(14(17)19)9-7-5-4-6-8(9)2;1-2;;/h4-7,18H,3H2,1-2H3;1-2H3;1H3;/q;;-1;. The molecule has 0 unspecified atom stereocenters. The molecule has 1 N–H and O–H groups in total. The fourth-order valence-corrected chi connectivity index (χ4v) is 2.35. The Morgan fingerprint density at radius 2 is 1.83 bits per heavy atom. The van der Waals surface area contributed by atoms with Crippen molar-refractivity contribution in [3.05, 3.63) is 47.6 Å². The Balaban J connectivity index is 0.00000128. The molecular weight excluding hydrogens is 383 g/mol. The van der Waals surface area contributed by atoms with Gasteiger partial charge in [0.1, 0.15) is 0 Å². The van der Waals surface area contributed by atoms with E-state index in [1.807, 2.05) is 45.9 Å². The van der Waals surface area contributed by atoms with Crippen LogP contribution in [0.3, 0.4) is 0 Å². The van der Waals surface area contributed by atoms with Crippen molar-refractivity contribution < 1.29 is 42.4 Å². The Morgan fingerprint density at radius 1 is 1.21 bits per heavy atom. The van der Waals surface area contributed by atoms with E-state index in [0.717, 1.165) is 5.56 Å². The molecule has 3 aromatic rings. The first kappa shape index (κ1) is 22.5. The third-order valence-corrected chi connectivity index (χ3v) is 3.38. The SMILES string of the molecule is CC.CCn1c(=O)c(-c2ccccc2C)c(O)c2nonc21.[CH3-].[Y]. The van der Waals surface area contributed by atoms with Gasteiger partial charge in [0.05, 0.1) is 5.56 Å². The van der Waals surface area contributed by atoms with Crippen LogP contribution in [-0.2, 0) is 39.3 Å². The zero-order chi connectivity index (χ0) is 16.3. The van der Waals surface area contributed by atoms with E-state index < -0.39 is 0 Å². The molecule has 0 bridgehead atoms. The summed E-state index contributed by atoms with van der Waals surface area (Å²) in [5.41, 5.74) is 1.97. The number of aromatic nitrogens is 3. The van der Waals surface area contributed by atoms with Crippen LogP contribution < -0.4 is 5.56 Å². The molecule has 0 amide bonds. The van der Waals surface area contributed by atoms with Crippen LogP contribution in [0.5, 0.6) is 5.75 Å². The minimum atomic E-state index is -0.303. The summed E-state index contributed by atoms with van der Waals surface area (Å²) in [4.78, 5) is 12.6. The molecule has 0 spiro atoms. The number of benzene rings is 1. The van der Waals surface area contributed by atoms with E-state index in [1.165, 1.54) is 4.57 Å². The maximum absolute atomic E-state index is 12.6. The van der Waals surface area contributed by atoms with Crippen molar-refractivity contribution in [3.63, 3.8) is 0 Å². The number of nitrogens with zero attached hydrogens (tertiary/aromatic N) is 3. The fraction of sp³-hybridized carbons (Fsp3) is 0.294. The van der Waals surface area contributed by atoms with Gasteiger partial charge in [-0.3, -0.25) is 9.36 Å². The average Bonchev–Trinajstić information content (AvgIpc) is 3.01. The predicted molar refractivity (Wildman–Crippen MR) is 91.3 cm³/mol. The molecule has 2 aromatic heterocycles. The Bertz CT molecular complexity index is 856. The van der Waals surface area contributed by atoms with Crippen molar-refractivity contribution >= 4 is 11.2 Å². The van der Waals surface area contributed by atoms with Gasteiger partial charge in [0.25, 0.3) is 5.56 Å². The smallest absolute Gasteiger partial charge is 0.264 e. The van der Waals surface area contributed by atoms with Crippen molar-refractivity contribution in [1.29, 1.82) is 0 Å². The quantitative estimate of drug-likeness (QED) is 0.660. The van der Waals surface area contributed by atoms with Crippen molar-refractivity contribution in [2.24, 2.45) is 0 Å². The first-order valence-corrected chi connectivity index (χ1v) is 7.29. The summed E-state index contributed by atoms with van der Waals surface area (Å²) in [6.07, 6.45) is 0. The zero-order valence-corrected chi connectivity index (χ0v) is 17.5. The number of hydrogen-bond acceptors (Lipinski definition) is 5. The van der Waals surface area contributed by atoms with Gasteiger partial charge in [0.2, 0.25) is 5.65 Å². The second-order valence-electron chi connectivity index (χ2n) is 4.52. The summed E-state index contributed by atoms with van der Waals surface area (Å²) in [6, 6.07) is 7.38. The van der Waals surface area contributed by atoms with Crippen LogP contribution in [0.2, 0.25) is 0 Å². The third-order valence-electron chi connectivity index (χ3n) is 3.38. The Labute approximate surface area is 166 Å². The van der Waals surface area contributed by atoms with Gasteiger partial charge in [0, 0.05) is 39.3 Å². The monoisotopic (exact) mass is 405 g/mol. The van der Waals surface area contributed by atoms with Gasteiger partial charge in [-0.2, -0.15) is 0 Å². The predicted octanol–water partition coefficient (Wildman–Crippen LogP) is 3.56. The molecule has 2 heterocycles. The molecule has 0 aliphatic heterocycles. The Morgan fingerprint density at radius 3 is 2.42 bits per heavy atom. The maximum atomic E-state index is 12.6. The van der Waals surface area contributed by atoms with E-state index in [2.05, 4.69) is 14.9 Å². The molecule has 24 heavy (non-hydrogen) atoms. The molecule has 127 valence electrons. The largest absolute Gasteiger partial charge is 0.505 e. The van der Waals surface area contributed by atoms with Crippen LogP contribution in [0, 0.1) is 14.4 Å². The Kier molecular flexibility index (Phi) is 9.08. The Hall–Kier alpha value is -1.53. The summed E-state index contributed by atoms with van der Waals surface area (Å²) >= 11 is 0. The normalized spacial score (nSPS) is 9.50. The summed E-state index contributed by atoms with van der Waals surface area (Å²) in [5.74, 6) is -0.190. The second-order valence-corrected chi connectivity index (χ2v) is 4.52. The van der Waals surface area contributed by atoms with E-state index >= 15 is 0 Å². The van der Waals surface area contributed by atoms with Crippen LogP contribution in [-0.4, -0.2) is 20.0 Å². The van der Waals surface area contributed by atoms with Gasteiger partial charge in [-0.1, -0.05) is 38.1 Å². The van der Waals surface area contributed by atoms with Crippen molar-refractivity contribution in [2.45, 2.75) is 34.2 Å². The van der Waals surface area contributed by atoms with Gasteiger partial charge >= 0.3 is 0 Å². The van der Waals surface area contributed by atoms with Crippen molar-refractivity contribution in [2.75, 3.05) is 0 Å². The van der Waals surface area contributed by atoms with E-state index in [4.69, 9.17) is 0 Å². The minimum absolute atomic E-state index is 0. The van der Waals surface area contributed by atoms with Crippen LogP contribution >= 0.6 is 0 Å². The molecular formula is C17H22N3O3Y-. The topological polar surface area (TPSA) is 81.2 Å². The van der Waals surface area contributed by atoms with E-state index in [9.17, 15) is 9.90 Å². The second kappa shape index (κ2) is 9.69. The van der Waals surface area contributed by atoms with Gasteiger partial charge in [0.15, 0.2) is 11.3 Å². The zero-order valence-electron chi connectivity index (χ0n) is 14.7. The molecule has 0 saturated heterocycles. The first-order valence-electron chi connectivity index (χ1n) is 7.29. The van der Waals surface area contributed by atoms with Gasteiger partial charge in [-0.15, -0.1) is 0 Å². The number of hydrogen-bond donors (Lipinski definition) is 1. The number of aromatic hydroxyl groups is 1. The van der Waals surface area contributed by atoms with Gasteiger partial charge < -0.3 is 12.5 Å². The van der Waals surface area contributed by atoms with Crippen molar-refractivity contribution in [3.8, 4) is 16.9 Å². The fourth-order valence-electron chi connectivity index (χ4n) is 2.35. The van der Waals surface area contributed by atoms with Crippen LogP contribution in [0.1, 0.15) is 26.3 Å². The van der Waals surface area contributed by atoms with Crippen LogP contribution in [0.4, 0.5) is 0 Å². The summed E-state index contributed by atoms with van der Waals surface area (Å²) in [5, 5.41) is 17.7. The number of rotatable bonds is 2. The summed E-state index contributed by atoms with van der Waals surface area (Å²) < 4.78 is 6.08. The van der Waals surface area contributed by atoms with Gasteiger partial charge in [-0.25, -0.2) is 4.63 Å². The molecule has 0 aliphatic rings. The van der Waals surface area contributed by atoms with Gasteiger partial charge in [-0.05, 0) is 35.3 Å². The minimum Gasteiger partial charge on any atom is -0.505 e. The van der Waals surface area contributed by atoms with Crippen molar-refractivity contribution in [1.82, 2.24) is 14.9 Å². The molecule has 0 saturated carbocycles. The molecule has 6 nitrogen and oxygen atoms in total. The van der Waals surface area contributed by atoms with Crippen LogP contribution in [0.25, 0.3) is 22.3 Å². The van der Waals surface area contributed by atoms with E-state index in [0.29, 0.717) is 12.1 Å². The van der Waals surface area contributed by atoms with E-state index in [-0.39, 0.29) is 68.2 Å².